The van der Waals surface area contributed by atoms with Gasteiger partial charge in [-0.2, -0.15) is 5.10 Å². The molecule has 1 aliphatic heterocycles. The van der Waals surface area contributed by atoms with Crippen LogP contribution in [0.1, 0.15) is 29.0 Å². The number of rotatable bonds is 1. The van der Waals surface area contributed by atoms with Crippen LogP contribution in [0.3, 0.4) is 0 Å². The fourth-order valence-corrected chi connectivity index (χ4v) is 1.85. The Labute approximate surface area is 88.8 Å². The molecule has 5 nitrogen and oxygen atoms in total. The lowest BCUT2D eigenvalue weighted by atomic mass is 10.3. The third kappa shape index (κ3) is 1.58. The topological polar surface area (TPSA) is 64.2 Å². The molecule has 0 spiro atoms. The second kappa shape index (κ2) is 3.56. The molecule has 2 N–H and O–H groups in total. The first-order valence-corrected chi connectivity index (χ1v) is 5.19. The molecule has 1 fully saturated rings. The summed E-state index contributed by atoms with van der Waals surface area (Å²) < 4.78 is 1.65. The first kappa shape index (κ1) is 10.0. The molecule has 1 aromatic heterocycles. The summed E-state index contributed by atoms with van der Waals surface area (Å²) in [4.78, 5) is 13.8. The standard InChI is InChI=1S/C10H16N4O/c1-7-8(11)9(12-13(7)2)10(15)14-5-3-4-6-14/h3-6,11H2,1-2H3. The lowest BCUT2D eigenvalue weighted by Gasteiger charge is -2.13. The number of amides is 1. The van der Waals surface area contributed by atoms with E-state index in [0.29, 0.717) is 11.4 Å². The number of aryl methyl sites for hydroxylation is 1. The highest BCUT2D eigenvalue weighted by Crippen LogP contribution is 2.19. The number of hydrogen-bond acceptors (Lipinski definition) is 3. The van der Waals surface area contributed by atoms with Crippen molar-refractivity contribution in [3.8, 4) is 0 Å². The van der Waals surface area contributed by atoms with Gasteiger partial charge >= 0.3 is 0 Å². The quantitative estimate of drug-likeness (QED) is 0.733. The van der Waals surface area contributed by atoms with Crippen molar-refractivity contribution in [1.82, 2.24) is 14.7 Å². The summed E-state index contributed by atoms with van der Waals surface area (Å²) in [7, 11) is 1.80. The van der Waals surface area contributed by atoms with Gasteiger partial charge in [-0.15, -0.1) is 0 Å². The monoisotopic (exact) mass is 208 g/mol. The van der Waals surface area contributed by atoms with Gasteiger partial charge in [0.25, 0.3) is 5.91 Å². The Bertz CT molecular complexity index is 390. The number of anilines is 1. The number of hydrogen-bond donors (Lipinski definition) is 1. The van der Waals surface area contributed by atoms with Crippen molar-refractivity contribution < 1.29 is 4.79 Å². The van der Waals surface area contributed by atoms with E-state index in [1.807, 2.05) is 11.8 Å². The van der Waals surface area contributed by atoms with E-state index in [0.717, 1.165) is 31.6 Å². The van der Waals surface area contributed by atoms with Crippen molar-refractivity contribution in [1.29, 1.82) is 0 Å². The van der Waals surface area contributed by atoms with E-state index in [-0.39, 0.29) is 5.91 Å². The molecule has 2 heterocycles. The van der Waals surface area contributed by atoms with Crippen molar-refractivity contribution in [2.75, 3.05) is 18.8 Å². The number of carbonyl (C=O) groups is 1. The van der Waals surface area contributed by atoms with Crippen molar-refractivity contribution in [2.45, 2.75) is 19.8 Å². The summed E-state index contributed by atoms with van der Waals surface area (Å²) in [6.07, 6.45) is 2.16. The summed E-state index contributed by atoms with van der Waals surface area (Å²) in [5.74, 6) is -0.0336. The van der Waals surface area contributed by atoms with Crippen LogP contribution in [0.4, 0.5) is 5.69 Å². The van der Waals surface area contributed by atoms with Crippen LogP contribution in [-0.4, -0.2) is 33.7 Å². The van der Waals surface area contributed by atoms with Gasteiger partial charge in [0, 0.05) is 20.1 Å². The Morgan fingerprint density at radius 3 is 2.47 bits per heavy atom. The highest BCUT2D eigenvalue weighted by atomic mass is 16.2. The second-order valence-corrected chi connectivity index (χ2v) is 3.97. The smallest absolute Gasteiger partial charge is 0.276 e. The SMILES string of the molecule is Cc1c(N)c(C(=O)N2CCCC2)nn1C. The molecule has 0 aliphatic carbocycles. The molecule has 0 radical (unpaired) electrons. The molecule has 82 valence electrons. The number of nitrogens with zero attached hydrogens (tertiary/aromatic N) is 3. The molecule has 2 rings (SSSR count). The summed E-state index contributed by atoms with van der Waals surface area (Å²) in [5.41, 5.74) is 7.59. The third-order valence-corrected chi connectivity index (χ3v) is 2.98. The Hall–Kier alpha value is -1.52. The van der Waals surface area contributed by atoms with E-state index >= 15 is 0 Å². The minimum absolute atomic E-state index is 0.0336. The van der Waals surface area contributed by atoms with E-state index in [2.05, 4.69) is 5.10 Å². The number of likely N-dealkylation sites (tertiary alicyclic amines) is 1. The van der Waals surface area contributed by atoms with E-state index in [4.69, 9.17) is 5.73 Å². The summed E-state index contributed by atoms with van der Waals surface area (Å²) >= 11 is 0. The summed E-state index contributed by atoms with van der Waals surface area (Å²) in [6, 6.07) is 0. The fourth-order valence-electron chi connectivity index (χ4n) is 1.85. The van der Waals surface area contributed by atoms with Crippen LogP contribution in [0.5, 0.6) is 0 Å². The number of carbonyl (C=O) groups excluding carboxylic acids is 1. The largest absolute Gasteiger partial charge is 0.395 e. The van der Waals surface area contributed by atoms with E-state index in [1.165, 1.54) is 0 Å². The highest BCUT2D eigenvalue weighted by molar-refractivity contribution is 5.97. The molecule has 0 atom stereocenters. The summed E-state index contributed by atoms with van der Waals surface area (Å²) in [5, 5.41) is 4.15. The average Bonchev–Trinajstić information content (AvgIpc) is 2.82. The molecule has 1 aliphatic rings. The van der Waals surface area contributed by atoms with Crippen LogP contribution in [0.25, 0.3) is 0 Å². The van der Waals surface area contributed by atoms with E-state index < -0.39 is 0 Å². The maximum atomic E-state index is 12.0. The van der Waals surface area contributed by atoms with Gasteiger partial charge in [0.2, 0.25) is 0 Å². The maximum absolute atomic E-state index is 12.0. The third-order valence-electron chi connectivity index (χ3n) is 2.98. The second-order valence-electron chi connectivity index (χ2n) is 3.97. The lowest BCUT2D eigenvalue weighted by molar-refractivity contribution is 0.0787. The Morgan fingerprint density at radius 1 is 1.40 bits per heavy atom. The molecule has 0 aromatic carbocycles. The van der Waals surface area contributed by atoms with Crippen LogP contribution in [-0.2, 0) is 7.05 Å². The van der Waals surface area contributed by atoms with Crippen molar-refractivity contribution >= 4 is 11.6 Å². The van der Waals surface area contributed by atoms with Crippen LogP contribution < -0.4 is 5.73 Å². The minimum Gasteiger partial charge on any atom is -0.395 e. The molecule has 1 saturated heterocycles. The highest BCUT2D eigenvalue weighted by Gasteiger charge is 2.24. The van der Waals surface area contributed by atoms with E-state index in [1.54, 1.807) is 11.7 Å². The van der Waals surface area contributed by atoms with E-state index in [9.17, 15) is 4.79 Å². The molecular formula is C10H16N4O. The van der Waals surface area contributed by atoms with Crippen LogP contribution in [0.15, 0.2) is 0 Å². The first-order valence-electron chi connectivity index (χ1n) is 5.19. The lowest BCUT2D eigenvalue weighted by Crippen LogP contribution is -2.28. The van der Waals surface area contributed by atoms with Gasteiger partial charge < -0.3 is 10.6 Å². The minimum atomic E-state index is -0.0336. The molecule has 1 amide bonds. The molecule has 1 aromatic rings. The van der Waals surface area contributed by atoms with Gasteiger partial charge in [-0.3, -0.25) is 9.48 Å². The predicted octanol–water partition coefficient (Wildman–Crippen LogP) is 0.547. The zero-order valence-electron chi connectivity index (χ0n) is 9.16. The van der Waals surface area contributed by atoms with Gasteiger partial charge in [-0.05, 0) is 19.8 Å². The van der Waals surface area contributed by atoms with Gasteiger partial charge in [0.05, 0.1) is 11.4 Å². The van der Waals surface area contributed by atoms with Crippen molar-refractivity contribution in [2.24, 2.45) is 7.05 Å². The zero-order chi connectivity index (χ0) is 11.0. The van der Waals surface area contributed by atoms with Gasteiger partial charge in [-0.25, -0.2) is 0 Å². The first-order chi connectivity index (χ1) is 7.11. The number of nitrogens with two attached hydrogens (primary N) is 1. The van der Waals surface area contributed by atoms with Crippen LogP contribution in [0.2, 0.25) is 0 Å². The molecule has 5 heteroatoms. The van der Waals surface area contributed by atoms with Crippen molar-refractivity contribution in [3.05, 3.63) is 11.4 Å². The molecule has 0 unspecified atom stereocenters. The molecule has 15 heavy (non-hydrogen) atoms. The maximum Gasteiger partial charge on any atom is 0.276 e. The Morgan fingerprint density at radius 2 is 2.00 bits per heavy atom. The van der Waals surface area contributed by atoms with Gasteiger partial charge in [0.1, 0.15) is 0 Å². The number of nitrogen functional groups attached to an aromatic ring is 1. The zero-order valence-corrected chi connectivity index (χ0v) is 9.16. The van der Waals surface area contributed by atoms with Crippen LogP contribution >= 0.6 is 0 Å². The fraction of sp³-hybridized carbons (Fsp3) is 0.600. The normalized spacial score (nSPS) is 16.0. The Kier molecular flexibility index (Phi) is 2.38. The van der Waals surface area contributed by atoms with Crippen molar-refractivity contribution in [3.63, 3.8) is 0 Å². The number of aromatic nitrogens is 2. The molecular weight excluding hydrogens is 192 g/mol. The Balaban J connectivity index is 2.28. The molecule has 0 saturated carbocycles. The van der Waals surface area contributed by atoms with Gasteiger partial charge in [0.15, 0.2) is 5.69 Å². The summed E-state index contributed by atoms with van der Waals surface area (Å²) in [6.45, 7) is 3.52. The van der Waals surface area contributed by atoms with Gasteiger partial charge in [-0.1, -0.05) is 0 Å². The molecule has 0 bridgehead atoms. The van der Waals surface area contributed by atoms with Crippen LogP contribution in [0, 0.1) is 6.92 Å². The predicted molar refractivity (Wildman–Crippen MR) is 57.5 cm³/mol. The average molecular weight is 208 g/mol.